The summed E-state index contributed by atoms with van der Waals surface area (Å²) in [6, 6.07) is 0. The molecule has 0 amide bonds. The lowest BCUT2D eigenvalue weighted by molar-refractivity contribution is 0.565. The Morgan fingerprint density at radius 2 is 1.60 bits per heavy atom. The van der Waals surface area contributed by atoms with Crippen LogP contribution in [-0.4, -0.2) is 5.94 Å². The van der Waals surface area contributed by atoms with E-state index in [1.165, 1.54) is 5.92 Å². The summed E-state index contributed by atoms with van der Waals surface area (Å²) in [6.07, 6.45) is 17.6. The van der Waals surface area contributed by atoms with Crippen LogP contribution in [0.15, 0.2) is 5.57 Å². The molecule has 0 heterocycles. The van der Waals surface area contributed by atoms with Crippen LogP contribution in [0.3, 0.4) is 0 Å². The quantitative estimate of drug-likeness (QED) is 0.631. The van der Waals surface area contributed by atoms with E-state index in [1.54, 1.807) is 0 Å². The molecule has 2 aliphatic carbocycles. The van der Waals surface area contributed by atoms with E-state index in [-0.39, 0.29) is 0 Å². The average molecular weight is 196 g/mol. The maximum absolute atomic E-state index is 10.8. The van der Waals surface area contributed by atoms with E-state index in [9.17, 15) is 4.79 Å². The highest BCUT2D eigenvalue weighted by Gasteiger charge is 2.24. The Morgan fingerprint density at radius 3 is 2.20 bits per heavy atom. The van der Waals surface area contributed by atoms with Gasteiger partial charge in [-0.3, -0.25) is 0 Å². The highest BCUT2D eigenvalue weighted by Crippen LogP contribution is 2.34. The molecule has 0 atom stereocenters. The minimum atomic E-state index is 0.761. The third-order valence-corrected chi connectivity index (χ3v) is 2.53. The van der Waals surface area contributed by atoms with Crippen LogP contribution in [0, 0.1) is 63.2 Å². The molecular formula is C14H12O. The topological polar surface area (TPSA) is 17.1 Å². The molecule has 1 heteroatoms. The first kappa shape index (κ1) is 11.0. The molecule has 2 saturated carbocycles. The molecule has 0 aromatic rings. The summed E-state index contributed by atoms with van der Waals surface area (Å²) in [5, 5.41) is 0. The van der Waals surface area contributed by atoms with Crippen LogP contribution in [0.1, 0.15) is 12.8 Å². The van der Waals surface area contributed by atoms with Gasteiger partial charge in [-0.2, -0.15) is 0 Å². The van der Waals surface area contributed by atoms with Gasteiger partial charge in [-0.25, -0.2) is 4.79 Å². The van der Waals surface area contributed by atoms with Crippen LogP contribution in [0.2, 0.25) is 0 Å². The molecule has 0 aliphatic heterocycles. The third kappa shape index (κ3) is 2.95. The third-order valence-electron chi connectivity index (χ3n) is 2.53. The van der Waals surface area contributed by atoms with Crippen molar-refractivity contribution in [2.24, 2.45) is 0 Å². The number of rotatable bonds is 4. The number of hydrogen-bond acceptors (Lipinski definition) is 1. The van der Waals surface area contributed by atoms with E-state index in [4.69, 9.17) is 0 Å². The molecule has 74 valence electrons. The van der Waals surface area contributed by atoms with E-state index in [1.807, 2.05) is 44.5 Å². The minimum Gasteiger partial charge on any atom is -0.234 e. The number of hydrogen-bond donors (Lipinski definition) is 0. The van der Waals surface area contributed by atoms with Gasteiger partial charge in [-0.05, 0) is 70.1 Å². The Bertz CT molecular complexity index is 238. The molecule has 2 rings (SSSR count). The summed E-state index contributed by atoms with van der Waals surface area (Å²) in [5.74, 6) is 4.30. The standard InChI is InChI=1S/C14H12O/c15-11-14(13-7-3-4-8-13)10-9-12-5-1-2-6-12/h1-8H,9-10H2. The van der Waals surface area contributed by atoms with Crippen molar-refractivity contribution < 1.29 is 4.79 Å². The molecule has 0 spiro atoms. The maximum Gasteiger partial charge on any atom is 0.124 e. The number of allylic oxidation sites excluding steroid dienone is 1. The van der Waals surface area contributed by atoms with E-state index in [0.717, 1.165) is 24.3 Å². The Morgan fingerprint density at radius 1 is 1.00 bits per heavy atom. The highest BCUT2D eigenvalue weighted by molar-refractivity contribution is 5.65. The first-order valence-electron chi connectivity index (χ1n) is 5.07. The lowest BCUT2D eigenvalue weighted by atomic mass is 9.91. The van der Waals surface area contributed by atoms with Crippen LogP contribution < -0.4 is 0 Å². The van der Waals surface area contributed by atoms with Gasteiger partial charge in [0, 0.05) is 11.5 Å². The zero-order valence-corrected chi connectivity index (χ0v) is 8.44. The van der Waals surface area contributed by atoms with E-state index >= 15 is 0 Å². The van der Waals surface area contributed by atoms with Crippen LogP contribution in [0.4, 0.5) is 0 Å². The zero-order chi connectivity index (χ0) is 10.5. The first-order valence-corrected chi connectivity index (χ1v) is 5.07. The monoisotopic (exact) mass is 196 g/mol. The summed E-state index contributed by atoms with van der Waals surface area (Å²) in [4.78, 5) is 10.8. The fourth-order valence-corrected chi connectivity index (χ4v) is 1.68. The predicted octanol–water partition coefficient (Wildman–Crippen LogP) is 2.34. The van der Waals surface area contributed by atoms with Crippen molar-refractivity contribution in [1.82, 2.24) is 0 Å². The summed E-state index contributed by atoms with van der Waals surface area (Å²) in [7, 11) is 0. The Kier molecular flexibility index (Phi) is 4.02. The van der Waals surface area contributed by atoms with Crippen molar-refractivity contribution in [1.29, 1.82) is 0 Å². The lowest BCUT2D eigenvalue weighted by Gasteiger charge is -2.11. The molecule has 2 aliphatic rings. The molecule has 1 nitrogen and oxygen atoms in total. The molecule has 0 aromatic carbocycles. The van der Waals surface area contributed by atoms with Gasteiger partial charge in [0.2, 0.25) is 0 Å². The number of carbonyl (C=O) groups excluding carboxylic acids is 1. The molecule has 0 aromatic heterocycles. The Balaban J connectivity index is 1.77. The van der Waals surface area contributed by atoms with Crippen molar-refractivity contribution in [3.8, 4) is 0 Å². The molecule has 15 heavy (non-hydrogen) atoms. The Hall–Kier alpha value is -0.550. The molecule has 0 unspecified atom stereocenters. The van der Waals surface area contributed by atoms with Crippen molar-refractivity contribution >= 4 is 5.94 Å². The van der Waals surface area contributed by atoms with Gasteiger partial charge in [-0.1, -0.05) is 0 Å². The van der Waals surface area contributed by atoms with Crippen LogP contribution in [0.5, 0.6) is 0 Å². The fraction of sp³-hybridized carbons (Fsp3) is 0.143. The highest BCUT2D eigenvalue weighted by atomic mass is 16.1. The maximum atomic E-state index is 10.8. The second-order valence-corrected chi connectivity index (χ2v) is 3.55. The summed E-state index contributed by atoms with van der Waals surface area (Å²) in [5.41, 5.74) is 0.765. The molecular weight excluding hydrogens is 184 g/mol. The SMILES string of the molecule is O=C=C(CC[C]1[CH][CH][CH][CH]1)[C]1[CH][CH][CH][CH]1. The first-order chi connectivity index (χ1) is 7.40. The van der Waals surface area contributed by atoms with Crippen molar-refractivity contribution in [2.75, 3.05) is 0 Å². The molecule has 0 bridgehead atoms. The Labute approximate surface area is 92.9 Å². The van der Waals surface area contributed by atoms with Gasteiger partial charge in [0.25, 0.3) is 0 Å². The second kappa shape index (κ2) is 5.51. The smallest absolute Gasteiger partial charge is 0.124 e. The van der Waals surface area contributed by atoms with Gasteiger partial charge in [0.1, 0.15) is 5.94 Å². The van der Waals surface area contributed by atoms with E-state index in [2.05, 4.69) is 12.8 Å². The van der Waals surface area contributed by atoms with Gasteiger partial charge in [0.15, 0.2) is 0 Å². The van der Waals surface area contributed by atoms with E-state index in [0.29, 0.717) is 0 Å². The van der Waals surface area contributed by atoms with Crippen molar-refractivity contribution in [2.45, 2.75) is 12.8 Å². The molecule has 10 radical (unpaired) electrons. The zero-order valence-electron chi connectivity index (χ0n) is 8.44. The van der Waals surface area contributed by atoms with E-state index < -0.39 is 0 Å². The predicted molar refractivity (Wildman–Crippen MR) is 59.3 cm³/mol. The minimum absolute atomic E-state index is 0.761. The van der Waals surface area contributed by atoms with Gasteiger partial charge < -0.3 is 0 Å². The average Bonchev–Trinajstić information content (AvgIpc) is 2.90. The lowest BCUT2D eigenvalue weighted by Crippen LogP contribution is -2.01. The van der Waals surface area contributed by atoms with Gasteiger partial charge >= 0.3 is 0 Å². The van der Waals surface area contributed by atoms with Gasteiger partial charge in [0.05, 0.1) is 0 Å². The van der Waals surface area contributed by atoms with Crippen LogP contribution in [-0.2, 0) is 4.79 Å². The summed E-state index contributed by atoms with van der Waals surface area (Å²) >= 11 is 0. The largest absolute Gasteiger partial charge is 0.234 e. The van der Waals surface area contributed by atoms with Gasteiger partial charge in [-0.15, -0.1) is 0 Å². The van der Waals surface area contributed by atoms with Crippen LogP contribution >= 0.6 is 0 Å². The summed E-state index contributed by atoms with van der Waals surface area (Å²) < 4.78 is 0. The summed E-state index contributed by atoms with van der Waals surface area (Å²) in [6.45, 7) is 0. The molecule has 0 N–H and O–H groups in total. The second-order valence-electron chi connectivity index (χ2n) is 3.55. The fourth-order valence-electron chi connectivity index (χ4n) is 1.68. The van der Waals surface area contributed by atoms with Crippen LogP contribution in [0.25, 0.3) is 0 Å². The normalized spacial score (nSPS) is 23.2. The van der Waals surface area contributed by atoms with Crippen molar-refractivity contribution in [3.05, 3.63) is 68.8 Å². The molecule has 2 fully saturated rings. The molecule has 0 saturated heterocycles. The van der Waals surface area contributed by atoms with Crippen molar-refractivity contribution in [3.63, 3.8) is 0 Å².